The van der Waals surface area contributed by atoms with Gasteiger partial charge in [-0.15, -0.1) is 0 Å². The minimum atomic E-state index is -0.456. The van der Waals surface area contributed by atoms with Gasteiger partial charge in [0.2, 0.25) is 0 Å². The Hall–Kier alpha value is -4.11. The molecule has 0 bridgehead atoms. The third kappa shape index (κ3) is 5.22. The number of rotatable bonds is 7. The fourth-order valence-corrected chi connectivity index (χ4v) is 4.71. The monoisotopic (exact) mass is 499 g/mol. The van der Waals surface area contributed by atoms with E-state index in [1.165, 1.54) is 11.6 Å². The van der Waals surface area contributed by atoms with Crippen LogP contribution in [0.3, 0.4) is 0 Å². The number of anilines is 1. The van der Waals surface area contributed by atoms with E-state index in [4.69, 9.17) is 4.98 Å². The van der Waals surface area contributed by atoms with Gasteiger partial charge in [-0.3, -0.25) is 9.78 Å². The number of pyridine rings is 1. The summed E-state index contributed by atoms with van der Waals surface area (Å²) < 4.78 is 15.6. The Bertz CT molecular complexity index is 1460. The Morgan fingerprint density at radius 1 is 1.16 bits per heavy atom. The summed E-state index contributed by atoms with van der Waals surface area (Å²) in [5, 5.41) is 11.3. The van der Waals surface area contributed by atoms with Gasteiger partial charge in [-0.2, -0.15) is 9.61 Å². The second-order valence-corrected chi connectivity index (χ2v) is 9.42. The van der Waals surface area contributed by atoms with Crippen molar-refractivity contribution in [1.82, 2.24) is 29.8 Å². The second kappa shape index (κ2) is 10.5. The van der Waals surface area contributed by atoms with Gasteiger partial charge >= 0.3 is 0 Å². The topological polar surface area (TPSA) is 87.5 Å². The number of fused-ring (bicyclic) bond motifs is 1. The van der Waals surface area contributed by atoms with Gasteiger partial charge in [0.1, 0.15) is 17.2 Å². The van der Waals surface area contributed by atoms with E-state index in [1.807, 2.05) is 18.2 Å². The normalized spacial score (nSPS) is 14.5. The zero-order chi connectivity index (χ0) is 25.9. The van der Waals surface area contributed by atoms with E-state index >= 15 is 0 Å². The van der Waals surface area contributed by atoms with Crippen molar-refractivity contribution in [3.05, 3.63) is 84.1 Å². The van der Waals surface area contributed by atoms with Gasteiger partial charge in [-0.25, -0.2) is 9.37 Å². The molecule has 1 aliphatic heterocycles. The molecule has 8 nitrogen and oxygen atoms in total. The number of carbonyl (C=O) groups excluding carboxylic acids is 1. The first-order valence-corrected chi connectivity index (χ1v) is 12.4. The molecule has 5 rings (SSSR count). The van der Waals surface area contributed by atoms with Crippen molar-refractivity contribution in [2.45, 2.75) is 26.3 Å². The maximum Gasteiger partial charge on any atom is 0.259 e. The molecular formula is C28H30FN7O. The fraction of sp³-hybridized carbons (Fsp3) is 0.286. The molecule has 0 aliphatic carbocycles. The number of nitrogens with zero attached hydrogens (tertiary/aromatic N) is 5. The minimum Gasteiger partial charge on any atom is -0.367 e. The lowest BCUT2D eigenvalue weighted by molar-refractivity contribution is 0.0737. The highest BCUT2D eigenvalue weighted by Crippen LogP contribution is 2.27. The van der Waals surface area contributed by atoms with E-state index in [0.29, 0.717) is 47.8 Å². The van der Waals surface area contributed by atoms with Gasteiger partial charge < -0.3 is 15.5 Å². The average molecular weight is 500 g/mol. The Kier molecular flexibility index (Phi) is 6.96. The van der Waals surface area contributed by atoms with Crippen LogP contribution in [0.1, 0.15) is 34.8 Å². The number of hydrogen-bond acceptors (Lipinski definition) is 6. The van der Waals surface area contributed by atoms with Crippen molar-refractivity contribution < 1.29 is 9.18 Å². The number of nitrogens with one attached hydrogen (secondary N) is 2. The molecule has 0 unspecified atom stereocenters. The number of hydrogen-bond donors (Lipinski definition) is 2. The molecule has 1 aliphatic rings. The molecule has 0 spiro atoms. The number of carbonyl (C=O) groups is 1. The van der Waals surface area contributed by atoms with Crippen molar-refractivity contribution in [3.63, 3.8) is 0 Å². The van der Waals surface area contributed by atoms with Crippen LogP contribution in [0, 0.1) is 12.7 Å². The maximum absolute atomic E-state index is 14.0. The molecule has 0 saturated carbocycles. The molecule has 4 heterocycles. The van der Waals surface area contributed by atoms with Gasteiger partial charge in [0.15, 0.2) is 5.65 Å². The zero-order valence-corrected chi connectivity index (χ0v) is 21.0. The van der Waals surface area contributed by atoms with Crippen molar-refractivity contribution in [2.75, 3.05) is 31.5 Å². The number of aryl methyl sites for hydroxylation is 1. The van der Waals surface area contributed by atoms with Crippen LogP contribution < -0.4 is 10.6 Å². The standard InChI is InChI=1S/C28H30FN7O/c1-18-6-4-5-7-23(18)19(2)12-20(3)33-26-14-25(21-13-22(29)16-31-15-21)34-27-24(17-32-36(26)27)28(37)35-10-8-30-9-11-35/h4-7,13-17,20,30,33H,2,8-12H2,1,3H3/t20-/m1/s1. The van der Waals surface area contributed by atoms with Crippen LogP contribution >= 0.6 is 0 Å². The average Bonchev–Trinajstić information content (AvgIpc) is 3.33. The molecule has 3 aromatic heterocycles. The SMILES string of the molecule is C=C(C[C@@H](C)Nc1cc(-c2cncc(F)c2)nc2c(C(=O)N3CCNCC3)cnn12)c1ccccc1C. The maximum atomic E-state index is 14.0. The van der Waals surface area contributed by atoms with E-state index in [0.717, 1.165) is 30.4 Å². The van der Waals surface area contributed by atoms with Crippen LogP contribution in [0.5, 0.6) is 0 Å². The fourth-order valence-electron chi connectivity index (χ4n) is 4.71. The van der Waals surface area contributed by atoms with E-state index in [9.17, 15) is 9.18 Å². The molecular weight excluding hydrogens is 469 g/mol. The van der Waals surface area contributed by atoms with E-state index < -0.39 is 5.82 Å². The van der Waals surface area contributed by atoms with Crippen LogP contribution in [-0.4, -0.2) is 62.6 Å². The smallest absolute Gasteiger partial charge is 0.259 e. The molecule has 1 fully saturated rings. The summed E-state index contributed by atoms with van der Waals surface area (Å²) in [6, 6.07) is 11.4. The Morgan fingerprint density at radius 3 is 2.70 bits per heavy atom. The summed E-state index contributed by atoms with van der Waals surface area (Å²) >= 11 is 0. The third-order valence-corrected chi connectivity index (χ3v) is 6.58. The molecule has 9 heteroatoms. The zero-order valence-electron chi connectivity index (χ0n) is 21.0. The summed E-state index contributed by atoms with van der Waals surface area (Å²) in [5.41, 5.74) is 5.17. The van der Waals surface area contributed by atoms with Gasteiger partial charge in [0, 0.05) is 50.0 Å². The van der Waals surface area contributed by atoms with Crippen molar-refractivity contribution >= 4 is 22.9 Å². The molecule has 37 heavy (non-hydrogen) atoms. The first-order chi connectivity index (χ1) is 17.9. The van der Waals surface area contributed by atoms with Gasteiger partial charge in [-0.05, 0) is 43.0 Å². The number of piperazine rings is 1. The van der Waals surface area contributed by atoms with E-state index in [2.05, 4.69) is 53.3 Å². The van der Waals surface area contributed by atoms with Crippen LogP contribution in [-0.2, 0) is 0 Å². The highest BCUT2D eigenvalue weighted by molar-refractivity contribution is 6.00. The summed E-state index contributed by atoms with van der Waals surface area (Å²) in [5.74, 6) is 0.0707. The molecule has 1 aromatic carbocycles. The predicted octanol–water partition coefficient (Wildman–Crippen LogP) is 4.19. The molecule has 190 valence electrons. The number of aromatic nitrogens is 4. The number of halogens is 1. The summed E-state index contributed by atoms with van der Waals surface area (Å²) in [6.07, 6.45) is 4.96. The number of benzene rings is 1. The van der Waals surface area contributed by atoms with Gasteiger partial charge in [0.25, 0.3) is 5.91 Å². The van der Waals surface area contributed by atoms with Crippen LogP contribution in [0.15, 0.2) is 61.6 Å². The van der Waals surface area contributed by atoms with Crippen molar-refractivity contribution in [3.8, 4) is 11.3 Å². The number of amides is 1. The minimum absolute atomic E-state index is 0.00675. The van der Waals surface area contributed by atoms with Crippen LogP contribution in [0.2, 0.25) is 0 Å². The first kappa shape index (κ1) is 24.6. The Morgan fingerprint density at radius 2 is 1.95 bits per heavy atom. The predicted molar refractivity (Wildman–Crippen MR) is 143 cm³/mol. The van der Waals surface area contributed by atoms with Crippen LogP contribution in [0.4, 0.5) is 10.2 Å². The van der Waals surface area contributed by atoms with Crippen molar-refractivity contribution in [1.29, 1.82) is 0 Å². The molecule has 4 aromatic rings. The lowest BCUT2D eigenvalue weighted by atomic mass is 9.97. The van der Waals surface area contributed by atoms with Gasteiger partial charge in [-0.1, -0.05) is 30.8 Å². The molecule has 1 saturated heterocycles. The van der Waals surface area contributed by atoms with Crippen LogP contribution in [0.25, 0.3) is 22.5 Å². The highest BCUT2D eigenvalue weighted by Gasteiger charge is 2.24. The highest BCUT2D eigenvalue weighted by atomic mass is 19.1. The lowest BCUT2D eigenvalue weighted by Gasteiger charge is -2.27. The quantitative estimate of drug-likeness (QED) is 0.397. The molecule has 1 atom stereocenters. The Balaban J connectivity index is 1.50. The molecule has 1 amide bonds. The summed E-state index contributed by atoms with van der Waals surface area (Å²) in [6.45, 7) is 11.2. The van der Waals surface area contributed by atoms with Crippen molar-refractivity contribution in [2.24, 2.45) is 0 Å². The largest absolute Gasteiger partial charge is 0.367 e. The third-order valence-electron chi connectivity index (χ3n) is 6.58. The van der Waals surface area contributed by atoms with Gasteiger partial charge in [0.05, 0.1) is 18.1 Å². The molecule has 0 radical (unpaired) electrons. The van der Waals surface area contributed by atoms with E-state index in [-0.39, 0.29) is 11.9 Å². The Labute approximate surface area is 215 Å². The second-order valence-electron chi connectivity index (χ2n) is 9.42. The first-order valence-electron chi connectivity index (χ1n) is 12.4. The molecule has 2 N–H and O–H groups in total. The lowest BCUT2D eigenvalue weighted by Crippen LogP contribution is -2.46. The van der Waals surface area contributed by atoms with E-state index in [1.54, 1.807) is 21.8 Å². The summed E-state index contributed by atoms with van der Waals surface area (Å²) in [7, 11) is 0. The summed E-state index contributed by atoms with van der Waals surface area (Å²) in [4.78, 5) is 23.8.